The summed E-state index contributed by atoms with van der Waals surface area (Å²) in [4.78, 5) is 12.5. The largest absolute Gasteiger partial charge is 0.486 e. The quantitative estimate of drug-likeness (QED) is 0.438. The van der Waals surface area contributed by atoms with E-state index in [1.54, 1.807) is 29.2 Å². The molecule has 7 heteroatoms. The van der Waals surface area contributed by atoms with Crippen LogP contribution in [0.25, 0.3) is 0 Å². The first-order chi connectivity index (χ1) is 14.5. The van der Waals surface area contributed by atoms with Gasteiger partial charge in [0, 0.05) is 11.2 Å². The Morgan fingerprint density at radius 3 is 2.87 bits per heavy atom. The summed E-state index contributed by atoms with van der Waals surface area (Å²) < 4.78 is 13.0. The number of anilines is 1. The summed E-state index contributed by atoms with van der Waals surface area (Å²) in [6, 6.07) is 18.7. The second kappa shape index (κ2) is 8.88. The number of ether oxygens (including phenoxy) is 1. The fraction of sp³-hybridized carbons (Fsp3) is 0.130. The SMILES string of the molecule is Cc1cccc(OCc2ccc(C(=O)Nc3cnn(Cc4cccc(Cl)c4)c3)o2)c1. The molecule has 0 aliphatic rings. The summed E-state index contributed by atoms with van der Waals surface area (Å²) in [6.07, 6.45) is 3.34. The fourth-order valence-corrected chi connectivity index (χ4v) is 3.18. The van der Waals surface area contributed by atoms with Gasteiger partial charge in [-0.3, -0.25) is 9.48 Å². The Kier molecular flexibility index (Phi) is 5.86. The van der Waals surface area contributed by atoms with Gasteiger partial charge in [-0.2, -0.15) is 5.10 Å². The highest BCUT2D eigenvalue weighted by Gasteiger charge is 2.13. The number of aryl methyl sites for hydroxylation is 1. The lowest BCUT2D eigenvalue weighted by molar-refractivity contribution is 0.0992. The number of furan rings is 1. The first kappa shape index (κ1) is 19.8. The van der Waals surface area contributed by atoms with Crippen molar-refractivity contribution in [3.8, 4) is 5.75 Å². The summed E-state index contributed by atoms with van der Waals surface area (Å²) in [5.41, 5.74) is 2.71. The van der Waals surface area contributed by atoms with Crippen LogP contribution in [-0.4, -0.2) is 15.7 Å². The number of rotatable bonds is 7. The van der Waals surface area contributed by atoms with Gasteiger partial charge in [-0.05, 0) is 54.4 Å². The van der Waals surface area contributed by atoms with Gasteiger partial charge in [-0.25, -0.2) is 0 Å². The molecule has 0 aliphatic heterocycles. The first-order valence-electron chi connectivity index (χ1n) is 9.41. The van der Waals surface area contributed by atoms with E-state index < -0.39 is 0 Å². The van der Waals surface area contributed by atoms with E-state index in [0.29, 0.717) is 23.0 Å². The third-order valence-electron chi connectivity index (χ3n) is 4.38. The normalized spacial score (nSPS) is 10.7. The van der Waals surface area contributed by atoms with Crippen molar-refractivity contribution in [1.82, 2.24) is 9.78 Å². The molecule has 0 saturated heterocycles. The monoisotopic (exact) mass is 421 g/mol. The van der Waals surface area contributed by atoms with Crippen molar-refractivity contribution < 1.29 is 13.9 Å². The average molecular weight is 422 g/mol. The molecule has 4 aromatic rings. The van der Waals surface area contributed by atoms with Crippen molar-refractivity contribution in [1.29, 1.82) is 0 Å². The molecule has 152 valence electrons. The van der Waals surface area contributed by atoms with Gasteiger partial charge in [0.1, 0.15) is 18.1 Å². The predicted octanol–water partition coefficient (Wildman–Crippen LogP) is 5.32. The molecule has 4 rings (SSSR count). The van der Waals surface area contributed by atoms with Gasteiger partial charge >= 0.3 is 0 Å². The van der Waals surface area contributed by atoms with E-state index in [9.17, 15) is 4.79 Å². The van der Waals surface area contributed by atoms with Crippen molar-refractivity contribution in [2.24, 2.45) is 0 Å². The molecule has 6 nitrogen and oxygen atoms in total. The Bertz CT molecular complexity index is 1170. The standard InChI is InChI=1S/C23H20ClN3O3/c1-16-4-2-7-20(10-16)29-15-21-8-9-22(30-21)23(28)26-19-12-25-27(14-19)13-17-5-3-6-18(24)11-17/h2-12,14H,13,15H2,1H3,(H,26,28). The summed E-state index contributed by atoms with van der Waals surface area (Å²) in [6.45, 7) is 2.80. The summed E-state index contributed by atoms with van der Waals surface area (Å²) in [5, 5.41) is 7.73. The maximum absolute atomic E-state index is 12.5. The molecule has 0 unspecified atom stereocenters. The molecule has 0 spiro atoms. The molecule has 0 atom stereocenters. The van der Waals surface area contributed by atoms with Gasteiger partial charge in [-0.1, -0.05) is 35.9 Å². The lowest BCUT2D eigenvalue weighted by Crippen LogP contribution is -2.10. The van der Waals surface area contributed by atoms with E-state index in [-0.39, 0.29) is 18.3 Å². The van der Waals surface area contributed by atoms with Crippen LogP contribution in [0.4, 0.5) is 5.69 Å². The lowest BCUT2D eigenvalue weighted by atomic mass is 10.2. The molecule has 2 heterocycles. The first-order valence-corrected chi connectivity index (χ1v) is 9.79. The number of nitrogens with zero attached hydrogens (tertiary/aromatic N) is 2. The van der Waals surface area contributed by atoms with E-state index in [1.165, 1.54) is 0 Å². The number of hydrogen-bond acceptors (Lipinski definition) is 4. The molecule has 0 aliphatic carbocycles. The molecule has 30 heavy (non-hydrogen) atoms. The van der Waals surface area contributed by atoms with Gasteiger partial charge in [-0.15, -0.1) is 0 Å². The molecule has 2 aromatic carbocycles. The molecule has 0 fully saturated rings. The number of aromatic nitrogens is 2. The van der Waals surface area contributed by atoms with Gasteiger partial charge in [0.05, 0.1) is 18.4 Å². The molecule has 1 amide bonds. The Balaban J connectivity index is 1.34. The minimum Gasteiger partial charge on any atom is -0.486 e. The van der Waals surface area contributed by atoms with E-state index in [0.717, 1.165) is 16.9 Å². The van der Waals surface area contributed by atoms with Gasteiger partial charge in [0.25, 0.3) is 5.91 Å². The third-order valence-corrected chi connectivity index (χ3v) is 4.62. The highest BCUT2D eigenvalue weighted by Crippen LogP contribution is 2.17. The molecule has 0 saturated carbocycles. The molecular formula is C23H20ClN3O3. The van der Waals surface area contributed by atoms with E-state index in [2.05, 4.69) is 10.4 Å². The number of nitrogens with one attached hydrogen (secondary N) is 1. The number of carbonyl (C=O) groups excluding carboxylic acids is 1. The van der Waals surface area contributed by atoms with Crippen molar-refractivity contribution in [2.75, 3.05) is 5.32 Å². The second-order valence-electron chi connectivity index (χ2n) is 6.88. The van der Waals surface area contributed by atoms with Crippen LogP contribution < -0.4 is 10.1 Å². The maximum Gasteiger partial charge on any atom is 0.291 e. The zero-order valence-corrected chi connectivity index (χ0v) is 17.1. The fourth-order valence-electron chi connectivity index (χ4n) is 2.97. The minimum atomic E-state index is -0.348. The number of amides is 1. The number of halogens is 1. The predicted molar refractivity (Wildman–Crippen MR) is 115 cm³/mol. The van der Waals surface area contributed by atoms with E-state index >= 15 is 0 Å². The Morgan fingerprint density at radius 2 is 2.03 bits per heavy atom. The highest BCUT2D eigenvalue weighted by molar-refractivity contribution is 6.30. The zero-order valence-electron chi connectivity index (χ0n) is 16.3. The Labute approximate surface area is 179 Å². The van der Waals surface area contributed by atoms with Crippen molar-refractivity contribution in [2.45, 2.75) is 20.1 Å². The summed E-state index contributed by atoms with van der Waals surface area (Å²) in [7, 11) is 0. The van der Waals surface area contributed by atoms with Crippen LogP contribution in [0.3, 0.4) is 0 Å². The van der Waals surface area contributed by atoms with Crippen LogP contribution >= 0.6 is 11.6 Å². The minimum absolute atomic E-state index is 0.209. The van der Waals surface area contributed by atoms with E-state index in [4.69, 9.17) is 20.8 Å². The Morgan fingerprint density at radius 1 is 1.17 bits per heavy atom. The van der Waals surface area contributed by atoms with Crippen molar-refractivity contribution >= 4 is 23.2 Å². The number of carbonyl (C=O) groups is 1. The lowest BCUT2D eigenvalue weighted by Gasteiger charge is -2.04. The van der Waals surface area contributed by atoms with Gasteiger partial charge in [0.2, 0.25) is 0 Å². The van der Waals surface area contributed by atoms with Crippen LogP contribution in [0.5, 0.6) is 5.75 Å². The van der Waals surface area contributed by atoms with Crippen LogP contribution in [0.15, 0.2) is 77.5 Å². The van der Waals surface area contributed by atoms with Crippen molar-refractivity contribution in [3.63, 3.8) is 0 Å². The third kappa shape index (κ3) is 5.10. The van der Waals surface area contributed by atoms with E-state index in [1.807, 2.05) is 55.5 Å². The number of hydrogen-bond donors (Lipinski definition) is 1. The molecule has 2 aromatic heterocycles. The second-order valence-corrected chi connectivity index (χ2v) is 7.32. The zero-order chi connectivity index (χ0) is 20.9. The summed E-state index contributed by atoms with van der Waals surface area (Å²) >= 11 is 6.01. The topological polar surface area (TPSA) is 69.3 Å². The van der Waals surface area contributed by atoms with Gasteiger partial charge < -0.3 is 14.5 Å². The highest BCUT2D eigenvalue weighted by atomic mass is 35.5. The molecule has 1 N–H and O–H groups in total. The van der Waals surface area contributed by atoms with Gasteiger partial charge in [0.15, 0.2) is 5.76 Å². The number of benzene rings is 2. The van der Waals surface area contributed by atoms with Crippen LogP contribution in [-0.2, 0) is 13.2 Å². The van der Waals surface area contributed by atoms with Crippen LogP contribution in [0.2, 0.25) is 5.02 Å². The Hall–Kier alpha value is -3.51. The smallest absolute Gasteiger partial charge is 0.291 e. The molecule has 0 bridgehead atoms. The van der Waals surface area contributed by atoms with Crippen molar-refractivity contribution in [3.05, 3.63) is 101 Å². The maximum atomic E-state index is 12.5. The van der Waals surface area contributed by atoms with Crippen LogP contribution in [0, 0.1) is 6.92 Å². The molecular weight excluding hydrogens is 402 g/mol. The summed E-state index contributed by atoms with van der Waals surface area (Å²) in [5.74, 6) is 1.18. The van der Waals surface area contributed by atoms with Crippen LogP contribution in [0.1, 0.15) is 27.4 Å². The average Bonchev–Trinajstić information content (AvgIpc) is 3.36. The molecule has 0 radical (unpaired) electrons.